The fraction of sp³-hybridized carbons (Fsp3) is 0.615. The number of ether oxygens (including phenoxy) is 1. The van der Waals surface area contributed by atoms with Gasteiger partial charge in [-0.1, -0.05) is 13.8 Å². The van der Waals surface area contributed by atoms with Crippen LogP contribution in [0.5, 0.6) is 0 Å². The average Bonchev–Trinajstić information content (AvgIpc) is 3.09. The fourth-order valence-electron chi connectivity index (χ4n) is 2.75. The number of aromatic nitrogens is 4. The van der Waals surface area contributed by atoms with Crippen LogP contribution in [0.15, 0.2) is 6.33 Å². The van der Waals surface area contributed by atoms with E-state index in [1.54, 1.807) is 0 Å². The molecule has 12 nitrogen and oxygen atoms in total. The number of rotatable bonds is 5. The highest BCUT2D eigenvalue weighted by molar-refractivity contribution is 7.84. The Kier molecular flexibility index (Phi) is 4.85. The van der Waals surface area contributed by atoms with E-state index >= 15 is 0 Å². The second kappa shape index (κ2) is 6.68. The molecule has 2 aromatic heterocycles. The van der Waals surface area contributed by atoms with Crippen molar-refractivity contribution in [3.63, 3.8) is 0 Å². The van der Waals surface area contributed by atoms with Crippen LogP contribution < -0.4 is 10.5 Å². The molecule has 2 aromatic rings. The van der Waals surface area contributed by atoms with E-state index < -0.39 is 35.0 Å². The molecule has 0 spiro atoms. The van der Waals surface area contributed by atoms with Crippen LogP contribution in [0.1, 0.15) is 31.7 Å². The molecule has 0 amide bonds. The van der Waals surface area contributed by atoms with Gasteiger partial charge in [0.05, 0.1) is 18.2 Å². The van der Waals surface area contributed by atoms with Crippen molar-refractivity contribution in [2.24, 2.45) is 0 Å². The van der Waals surface area contributed by atoms with Gasteiger partial charge in [0.25, 0.3) is 0 Å². The molecule has 144 valence electrons. The molecule has 0 radical (unpaired) electrons. The molecule has 13 heteroatoms. The van der Waals surface area contributed by atoms with E-state index in [-0.39, 0.29) is 11.7 Å². The highest BCUT2D eigenvalue weighted by Gasteiger charge is 2.46. The van der Waals surface area contributed by atoms with Crippen molar-refractivity contribution in [1.29, 1.82) is 0 Å². The topological polar surface area (TPSA) is 175 Å². The molecule has 26 heavy (non-hydrogen) atoms. The summed E-state index contributed by atoms with van der Waals surface area (Å²) in [7, 11) is -3.19. The van der Waals surface area contributed by atoms with E-state index in [0.29, 0.717) is 16.7 Å². The zero-order valence-electron chi connectivity index (χ0n) is 14.3. The molecule has 0 bridgehead atoms. The summed E-state index contributed by atoms with van der Waals surface area (Å²) in [5, 5.41) is 25.4. The van der Waals surface area contributed by atoms with Crippen molar-refractivity contribution in [2.45, 2.75) is 44.4 Å². The maximum Gasteiger partial charge on any atom is 0.337 e. The van der Waals surface area contributed by atoms with Crippen molar-refractivity contribution >= 4 is 27.2 Å². The molecule has 1 aliphatic heterocycles. The Labute approximate surface area is 149 Å². The summed E-state index contributed by atoms with van der Waals surface area (Å²) >= 11 is 0. The molecule has 0 saturated carbocycles. The Morgan fingerprint density at radius 1 is 1.35 bits per heavy atom. The third-order valence-corrected chi connectivity index (χ3v) is 5.01. The zero-order valence-corrected chi connectivity index (χ0v) is 15.1. The smallest absolute Gasteiger partial charge is 0.337 e. The first-order chi connectivity index (χ1) is 12.2. The number of aliphatic hydroxyl groups is 2. The van der Waals surface area contributed by atoms with Crippen molar-refractivity contribution in [3.8, 4) is 0 Å². The van der Waals surface area contributed by atoms with E-state index in [1.165, 1.54) is 11.0 Å². The fourth-order valence-corrected chi connectivity index (χ4v) is 3.33. The lowest BCUT2D eigenvalue weighted by molar-refractivity contribution is -0.0455. The van der Waals surface area contributed by atoms with Gasteiger partial charge in [0.1, 0.15) is 24.4 Å². The molecule has 0 unspecified atom stereocenters. The number of nitrogens with zero attached hydrogens (tertiary/aromatic N) is 4. The first-order valence-corrected chi connectivity index (χ1v) is 9.15. The van der Waals surface area contributed by atoms with Gasteiger partial charge in [0.2, 0.25) is 0 Å². The number of nitrogens with two attached hydrogens (primary N) is 1. The molecule has 1 saturated heterocycles. The number of nitrogens with one attached hydrogen (secondary N) is 1. The summed E-state index contributed by atoms with van der Waals surface area (Å²) in [5.74, 6) is 0.188. The summed E-state index contributed by atoms with van der Waals surface area (Å²) in [5.41, 5.74) is 6.82. The Morgan fingerprint density at radius 3 is 2.65 bits per heavy atom. The van der Waals surface area contributed by atoms with Crippen LogP contribution in [0.2, 0.25) is 0 Å². The van der Waals surface area contributed by atoms with Crippen molar-refractivity contribution in [1.82, 2.24) is 24.5 Å². The molecule has 1 fully saturated rings. The van der Waals surface area contributed by atoms with Crippen molar-refractivity contribution in [2.75, 3.05) is 12.8 Å². The predicted molar refractivity (Wildman–Crippen MR) is 88.8 cm³/mol. The third kappa shape index (κ3) is 3.13. The van der Waals surface area contributed by atoms with Crippen molar-refractivity contribution < 1.29 is 27.6 Å². The SMILES string of the molecule is COS(=O)(=O)N[C@@H]1O[C@@H](n2nc(C(C)C)c3c(N)ncnc32)[C@H](O)[C@@H]1O. The van der Waals surface area contributed by atoms with Gasteiger partial charge in [0, 0.05) is 0 Å². The second-order valence-electron chi connectivity index (χ2n) is 6.11. The summed E-state index contributed by atoms with van der Waals surface area (Å²) < 4.78 is 36.1. The van der Waals surface area contributed by atoms with E-state index in [1.807, 2.05) is 18.6 Å². The number of aliphatic hydroxyl groups excluding tert-OH is 2. The molecule has 4 atom stereocenters. The number of anilines is 1. The second-order valence-corrected chi connectivity index (χ2v) is 7.59. The molecule has 3 heterocycles. The number of fused-ring (bicyclic) bond motifs is 1. The van der Waals surface area contributed by atoms with Gasteiger partial charge in [-0.2, -0.15) is 18.2 Å². The van der Waals surface area contributed by atoms with Crippen LogP contribution >= 0.6 is 0 Å². The van der Waals surface area contributed by atoms with Crippen molar-refractivity contribution in [3.05, 3.63) is 12.0 Å². The summed E-state index contributed by atoms with van der Waals surface area (Å²) in [6.07, 6.45) is -4.41. The van der Waals surface area contributed by atoms with Gasteiger partial charge >= 0.3 is 10.3 Å². The minimum Gasteiger partial charge on any atom is -0.386 e. The van der Waals surface area contributed by atoms with E-state index in [4.69, 9.17) is 10.5 Å². The van der Waals surface area contributed by atoms with Gasteiger partial charge in [-0.15, -0.1) is 0 Å². The first kappa shape index (κ1) is 18.9. The summed E-state index contributed by atoms with van der Waals surface area (Å²) in [6.45, 7) is 3.80. The molecule has 3 rings (SSSR count). The lowest BCUT2D eigenvalue weighted by Crippen LogP contribution is -2.43. The molecular formula is C13H20N6O6S. The minimum atomic E-state index is -4.14. The van der Waals surface area contributed by atoms with E-state index in [9.17, 15) is 18.6 Å². The largest absolute Gasteiger partial charge is 0.386 e. The normalized spacial score (nSPS) is 26.8. The number of hydrogen-bond acceptors (Lipinski definition) is 10. The lowest BCUT2D eigenvalue weighted by atomic mass is 10.1. The lowest BCUT2D eigenvalue weighted by Gasteiger charge is -2.15. The monoisotopic (exact) mass is 388 g/mol. The third-order valence-electron chi connectivity index (χ3n) is 4.05. The Bertz CT molecular complexity index is 915. The van der Waals surface area contributed by atoms with Crippen LogP contribution in [-0.4, -0.2) is 63.9 Å². The van der Waals surface area contributed by atoms with Gasteiger partial charge in [0.15, 0.2) is 18.1 Å². The molecule has 5 N–H and O–H groups in total. The van der Waals surface area contributed by atoms with Gasteiger partial charge in [-0.25, -0.2) is 14.6 Å². The standard InChI is InChI=1S/C13H20N6O6S/c1-5(2)7-6-10(14)15-4-16-11(6)19(17-7)13-9(21)8(20)12(25-13)18-26(22,23)24-3/h4-5,8-9,12-13,18,20-21H,1-3H3,(H2,14,15,16)/t8-,9+,12+,13+/m0/s1. The Balaban J connectivity index is 2.03. The molecule has 0 aliphatic carbocycles. The van der Waals surface area contributed by atoms with Crippen LogP contribution in [0.25, 0.3) is 11.0 Å². The molecular weight excluding hydrogens is 368 g/mol. The van der Waals surface area contributed by atoms with Gasteiger partial charge in [-0.05, 0) is 5.92 Å². The minimum absolute atomic E-state index is 0.0293. The van der Waals surface area contributed by atoms with Gasteiger partial charge < -0.3 is 20.7 Å². The number of hydrogen-bond donors (Lipinski definition) is 4. The first-order valence-electron chi connectivity index (χ1n) is 7.74. The highest BCUT2D eigenvalue weighted by atomic mass is 32.2. The number of nitrogen functional groups attached to an aromatic ring is 1. The van der Waals surface area contributed by atoms with Crippen LogP contribution in [0.4, 0.5) is 5.82 Å². The van der Waals surface area contributed by atoms with Gasteiger partial charge in [-0.3, -0.25) is 4.18 Å². The Morgan fingerprint density at radius 2 is 2.04 bits per heavy atom. The predicted octanol–water partition coefficient (Wildman–Crippen LogP) is -1.41. The zero-order chi connectivity index (χ0) is 19.2. The highest BCUT2D eigenvalue weighted by Crippen LogP contribution is 2.34. The maximum atomic E-state index is 11.5. The van der Waals surface area contributed by atoms with Crippen LogP contribution in [0, 0.1) is 0 Å². The van der Waals surface area contributed by atoms with Crippen LogP contribution in [0.3, 0.4) is 0 Å². The molecule has 0 aromatic carbocycles. The molecule has 1 aliphatic rings. The summed E-state index contributed by atoms with van der Waals surface area (Å²) in [6, 6.07) is 0. The van der Waals surface area contributed by atoms with Crippen LogP contribution in [-0.2, 0) is 19.2 Å². The maximum absolute atomic E-state index is 11.5. The summed E-state index contributed by atoms with van der Waals surface area (Å²) in [4.78, 5) is 8.09. The van der Waals surface area contributed by atoms with E-state index in [2.05, 4.69) is 19.2 Å². The quantitative estimate of drug-likeness (QED) is 0.476. The van der Waals surface area contributed by atoms with E-state index in [0.717, 1.165) is 7.11 Å². The Hall–Kier alpha value is -1.90. The average molecular weight is 388 g/mol.